The summed E-state index contributed by atoms with van der Waals surface area (Å²) in [5.74, 6) is 0.641. The number of nitrogens with one attached hydrogen (secondary N) is 3. The first kappa shape index (κ1) is 34.4. The molecule has 2 atom stereocenters. The number of amides is 2. The average molecular weight is 654 g/mol. The van der Waals surface area contributed by atoms with Gasteiger partial charge in [0.15, 0.2) is 0 Å². The summed E-state index contributed by atoms with van der Waals surface area (Å²) in [7, 11) is 0.0203. The number of aliphatic hydroxyl groups is 1. The molecule has 1 aliphatic rings. The zero-order valence-corrected chi connectivity index (χ0v) is 28.2. The van der Waals surface area contributed by atoms with Crippen molar-refractivity contribution in [3.63, 3.8) is 0 Å². The van der Waals surface area contributed by atoms with Gasteiger partial charge in [0.1, 0.15) is 12.6 Å². The van der Waals surface area contributed by atoms with Crippen molar-refractivity contribution in [1.29, 1.82) is 0 Å². The molecule has 0 saturated heterocycles. The number of allylic oxidation sites excluding steroid dienone is 1. The molecule has 4 N–H and O–H groups in total. The SMILES string of the molecule is COC(=O)Nc1ccc2c(c1)NC(=O)CC/C=C/C[C@H](NCCC(O)c1cccc(Cl)c1)c1nc-2cn1COCC[Si](C)(C)C. The highest BCUT2D eigenvalue weighted by Gasteiger charge is 2.22. The fourth-order valence-electron chi connectivity index (χ4n) is 4.93. The van der Waals surface area contributed by atoms with Crippen molar-refractivity contribution in [2.24, 2.45) is 0 Å². The molecule has 1 aliphatic heterocycles. The van der Waals surface area contributed by atoms with Crippen LogP contribution >= 0.6 is 11.6 Å². The van der Waals surface area contributed by atoms with Gasteiger partial charge in [-0.1, -0.05) is 55.5 Å². The van der Waals surface area contributed by atoms with E-state index in [1.807, 2.05) is 35.0 Å². The summed E-state index contributed by atoms with van der Waals surface area (Å²) in [6, 6.07) is 13.4. The summed E-state index contributed by atoms with van der Waals surface area (Å²) in [5.41, 5.74) is 3.16. The number of methoxy groups -OCH3 is 1. The van der Waals surface area contributed by atoms with Crippen LogP contribution in [0.15, 0.2) is 60.8 Å². The minimum atomic E-state index is -1.28. The molecule has 2 aromatic carbocycles. The van der Waals surface area contributed by atoms with Gasteiger partial charge in [0, 0.05) is 43.6 Å². The van der Waals surface area contributed by atoms with Crippen LogP contribution in [0.4, 0.5) is 16.2 Å². The number of carbonyl (C=O) groups is 2. The molecule has 2 amide bonds. The molecule has 0 aliphatic carbocycles. The predicted molar refractivity (Wildman–Crippen MR) is 181 cm³/mol. The maximum atomic E-state index is 12.9. The Labute approximate surface area is 271 Å². The van der Waals surface area contributed by atoms with Crippen molar-refractivity contribution < 1.29 is 24.2 Å². The number of benzene rings is 2. The quantitative estimate of drug-likeness (QED) is 0.0985. The fourth-order valence-corrected chi connectivity index (χ4v) is 5.89. The van der Waals surface area contributed by atoms with E-state index in [0.29, 0.717) is 73.2 Å². The van der Waals surface area contributed by atoms with Gasteiger partial charge in [-0.3, -0.25) is 10.1 Å². The lowest BCUT2D eigenvalue weighted by Crippen LogP contribution is -2.27. The van der Waals surface area contributed by atoms with Crippen LogP contribution in [-0.2, 0) is 21.0 Å². The van der Waals surface area contributed by atoms with Crippen LogP contribution in [-0.4, -0.2) is 55.0 Å². The maximum Gasteiger partial charge on any atom is 0.411 e. The van der Waals surface area contributed by atoms with E-state index < -0.39 is 20.3 Å². The number of fused-ring (bicyclic) bond motifs is 4. The van der Waals surface area contributed by atoms with Crippen molar-refractivity contribution in [3.8, 4) is 11.3 Å². The Morgan fingerprint density at radius 1 is 1.22 bits per heavy atom. The molecule has 0 spiro atoms. The summed E-state index contributed by atoms with van der Waals surface area (Å²) in [6.45, 7) is 8.47. The first-order valence-electron chi connectivity index (χ1n) is 15.3. The molecule has 45 heavy (non-hydrogen) atoms. The number of ether oxygens (including phenoxy) is 2. The second kappa shape index (κ2) is 16.2. The van der Waals surface area contributed by atoms with Crippen LogP contribution in [0.5, 0.6) is 0 Å². The van der Waals surface area contributed by atoms with E-state index in [-0.39, 0.29) is 11.9 Å². The van der Waals surface area contributed by atoms with Gasteiger partial charge in [-0.15, -0.1) is 0 Å². The largest absolute Gasteiger partial charge is 0.453 e. The average Bonchev–Trinajstić information content (AvgIpc) is 3.41. The highest BCUT2D eigenvalue weighted by atomic mass is 35.5. The highest BCUT2D eigenvalue weighted by molar-refractivity contribution is 6.76. The lowest BCUT2D eigenvalue weighted by molar-refractivity contribution is -0.116. The third kappa shape index (κ3) is 10.5. The second-order valence-corrected chi connectivity index (χ2v) is 18.4. The van der Waals surface area contributed by atoms with E-state index in [9.17, 15) is 14.7 Å². The highest BCUT2D eigenvalue weighted by Crippen LogP contribution is 2.33. The van der Waals surface area contributed by atoms with Gasteiger partial charge >= 0.3 is 6.09 Å². The molecule has 1 aromatic heterocycles. The Morgan fingerprint density at radius 2 is 2.04 bits per heavy atom. The molecule has 12 heteroatoms. The number of hydrogen-bond donors (Lipinski definition) is 4. The summed E-state index contributed by atoms with van der Waals surface area (Å²) in [6.07, 6.45) is 6.72. The molecule has 4 rings (SSSR count). The number of aromatic nitrogens is 2. The first-order valence-corrected chi connectivity index (χ1v) is 19.4. The molecule has 10 nitrogen and oxygen atoms in total. The first-order chi connectivity index (χ1) is 21.5. The Hall–Kier alpha value is -3.48. The number of nitrogens with zero attached hydrogens (tertiary/aromatic N) is 2. The van der Waals surface area contributed by atoms with Crippen molar-refractivity contribution in [2.75, 3.05) is 30.9 Å². The number of halogens is 1. The third-order valence-corrected chi connectivity index (χ3v) is 9.40. The van der Waals surface area contributed by atoms with Crippen LogP contribution in [0.2, 0.25) is 30.7 Å². The molecule has 0 radical (unpaired) electrons. The molecule has 2 bridgehead atoms. The van der Waals surface area contributed by atoms with Crippen LogP contribution in [0.3, 0.4) is 0 Å². The molecule has 0 fully saturated rings. The summed E-state index contributed by atoms with van der Waals surface area (Å²) in [5, 5.41) is 20.7. The molecule has 2 heterocycles. The number of rotatable bonds is 11. The van der Waals surface area contributed by atoms with E-state index in [0.717, 1.165) is 17.4 Å². The standard InChI is InChI=1S/C33H44ClN5O5Si/c1-43-33(42)36-25-13-14-26-28(20-25)37-31(41)12-7-5-6-11-27(35-16-15-30(40)23-9-8-10-24(34)19-23)32-38-29(26)21-39(32)22-44-17-18-45(2,3)4/h5-6,8-10,13-14,19-21,27,30,35,40H,7,11-12,15-18,22H2,1-4H3,(H,36,42)(H,37,41)/b6-5+/t27-,30?/m0/s1. The number of anilines is 2. The minimum Gasteiger partial charge on any atom is -0.453 e. The van der Waals surface area contributed by atoms with Crippen LogP contribution in [0, 0.1) is 0 Å². The van der Waals surface area contributed by atoms with Gasteiger partial charge in [-0.25, -0.2) is 9.78 Å². The van der Waals surface area contributed by atoms with Crippen molar-refractivity contribution in [3.05, 3.63) is 77.2 Å². The monoisotopic (exact) mass is 653 g/mol. The van der Waals surface area contributed by atoms with E-state index in [4.69, 9.17) is 26.1 Å². The molecule has 242 valence electrons. The molecular weight excluding hydrogens is 610 g/mol. The summed E-state index contributed by atoms with van der Waals surface area (Å²) in [4.78, 5) is 29.8. The van der Waals surface area contributed by atoms with Crippen LogP contribution in [0.1, 0.15) is 49.2 Å². The van der Waals surface area contributed by atoms with Crippen molar-refractivity contribution in [2.45, 2.75) is 70.2 Å². The maximum absolute atomic E-state index is 12.9. The van der Waals surface area contributed by atoms with E-state index in [1.165, 1.54) is 7.11 Å². The zero-order chi connectivity index (χ0) is 32.4. The minimum absolute atomic E-state index is 0.144. The van der Waals surface area contributed by atoms with E-state index in [1.54, 1.807) is 24.3 Å². The number of imidazole rings is 1. The molecule has 1 unspecified atom stereocenters. The van der Waals surface area contributed by atoms with Gasteiger partial charge in [-0.05, 0) is 67.7 Å². The lowest BCUT2D eigenvalue weighted by atomic mass is 10.1. The zero-order valence-electron chi connectivity index (χ0n) is 26.4. The van der Waals surface area contributed by atoms with E-state index in [2.05, 4.69) is 41.7 Å². The summed E-state index contributed by atoms with van der Waals surface area (Å²) < 4.78 is 12.9. The molecule has 0 saturated carbocycles. The van der Waals surface area contributed by atoms with Gasteiger partial charge in [0.2, 0.25) is 5.91 Å². The number of hydrogen-bond acceptors (Lipinski definition) is 7. The van der Waals surface area contributed by atoms with Crippen LogP contribution < -0.4 is 16.0 Å². The van der Waals surface area contributed by atoms with Crippen molar-refractivity contribution in [1.82, 2.24) is 14.9 Å². The topological polar surface area (TPSA) is 127 Å². The Kier molecular flexibility index (Phi) is 12.4. The third-order valence-electron chi connectivity index (χ3n) is 7.47. The van der Waals surface area contributed by atoms with Gasteiger partial charge in [-0.2, -0.15) is 0 Å². The Bertz CT molecular complexity index is 1490. The smallest absolute Gasteiger partial charge is 0.411 e. The number of carbonyl (C=O) groups excluding carboxylic acids is 2. The van der Waals surface area contributed by atoms with Gasteiger partial charge in [0.05, 0.1) is 30.6 Å². The Balaban J connectivity index is 1.66. The summed E-state index contributed by atoms with van der Waals surface area (Å²) >= 11 is 6.14. The Morgan fingerprint density at radius 3 is 2.80 bits per heavy atom. The van der Waals surface area contributed by atoms with E-state index >= 15 is 0 Å². The van der Waals surface area contributed by atoms with Gasteiger partial charge in [0.25, 0.3) is 0 Å². The lowest BCUT2D eigenvalue weighted by Gasteiger charge is -2.21. The van der Waals surface area contributed by atoms with Crippen LogP contribution in [0.25, 0.3) is 11.3 Å². The fraction of sp³-hybridized carbons (Fsp3) is 0.424. The molecule has 3 aromatic rings. The number of aliphatic hydroxyl groups excluding tert-OH is 1. The normalized spacial score (nSPS) is 16.8. The van der Waals surface area contributed by atoms with Crippen molar-refractivity contribution >= 4 is 43.1 Å². The second-order valence-electron chi connectivity index (χ2n) is 12.3. The van der Waals surface area contributed by atoms with Gasteiger partial charge < -0.3 is 29.8 Å². The predicted octanol–water partition coefficient (Wildman–Crippen LogP) is 7.13. The molecular formula is C33H44ClN5O5Si.